The molecule has 11 N–H and O–H groups in total. The molecule has 15 heteroatoms. The third kappa shape index (κ3) is 14.1. The van der Waals surface area contributed by atoms with Crippen LogP contribution in [-0.4, -0.2) is 89.9 Å². The molecule has 0 aromatic rings. The zero-order valence-electron chi connectivity index (χ0n) is 22.3. The summed E-state index contributed by atoms with van der Waals surface area (Å²) >= 11 is 1.49. The van der Waals surface area contributed by atoms with Crippen LogP contribution in [0.25, 0.3) is 0 Å². The molecule has 0 rings (SSSR count). The molecule has 0 bridgehead atoms. The van der Waals surface area contributed by atoms with Gasteiger partial charge in [0.25, 0.3) is 0 Å². The standard InChI is InChI=1S/C23H43N7O7S/c1-4-13(2)19(23(36)37)30-18(32)12-27-21(34)15(7-5-6-9-24)28-22(35)16(11-17(26)31)29-20(33)14(25)8-10-38-3/h13-16,19H,4-12,24-25H2,1-3H3,(H2,26,31)(H,27,34)(H,28,35)(H,29,33)(H,30,32)(H,36,37)/t13-,14-,15-,16-,19-/m0/s1. The smallest absolute Gasteiger partial charge is 0.326 e. The Bertz CT molecular complexity index is 815. The van der Waals surface area contributed by atoms with E-state index in [0.29, 0.717) is 38.0 Å². The number of thioether (sulfide) groups is 1. The summed E-state index contributed by atoms with van der Waals surface area (Å²) in [5, 5.41) is 19.0. The minimum atomic E-state index is -1.36. The Balaban J connectivity index is 5.37. The Kier molecular flexibility index (Phi) is 17.7. The fourth-order valence-electron chi connectivity index (χ4n) is 3.30. The molecule has 0 fully saturated rings. The van der Waals surface area contributed by atoms with E-state index in [1.54, 1.807) is 13.8 Å². The zero-order valence-corrected chi connectivity index (χ0v) is 23.1. The lowest BCUT2D eigenvalue weighted by molar-refractivity contribution is -0.143. The molecule has 0 aliphatic carbocycles. The van der Waals surface area contributed by atoms with Crippen LogP contribution in [0, 0.1) is 5.92 Å². The Labute approximate surface area is 227 Å². The number of rotatable bonds is 20. The summed E-state index contributed by atoms with van der Waals surface area (Å²) < 4.78 is 0. The van der Waals surface area contributed by atoms with E-state index in [1.165, 1.54) is 11.8 Å². The fraction of sp³-hybridized carbons (Fsp3) is 0.739. The van der Waals surface area contributed by atoms with Crippen LogP contribution in [-0.2, 0) is 28.8 Å². The van der Waals surface area contributed by atoms with Crippen molar-refractivity contribution in [3.63, 3.8) is 0 Å². The van der Waals surface area contributed by atoms with Gasteiger partial charge in [-0.25, -0.2) is 4.79 Å². The Morgan fingerprint density at radius 1 is 0.921 bits per heavy atom. The molecule has 0 aliphatic rings. The largest absolute Gasteiger partial charge is 0.480 e. The molecule has 0 heterocycles. The molecule has 0 aliphatic heterocycles. The summed E-state index contributed by atoms with van der Waals surface area (Å²) in [7, 11) is 0. The zero-order chi connectivity index (χ0) is 29.3. The van der Waals surface area contributed by atoms with Gasteiger partial charge >= 0.3 is 5.97 Å². The van der Waals surface area contributed by atoms with Crippen LogP contribution >= 0.6 is 11.8 Å². The fourth-order valence-corrected chi connectivity index (χ4v) is 3.79. The van der Waals surface area contributed by atoms with Crippen molar-refractivity contribution in [1.29, 1.82) is 0 Å². The number of unbranched alkanes of at least 4 members (excludes halogenated alkanes) is 1. The Hall–Kier alpha value is -2.91. The maximum Gasteiger partial charge on any atom is 0.326 e. The summed E-state index contributed by atoms with van der Waals surface area (Å²) in [6.07, 6.45) is 3.38. The highest BCUT2D eigenvalue weighted by Crippen LogP contribution is 2.08. The number of primary amides is 1. The predicted molar refractivity (Wildman–Crippen MR) is 144 cm³/mol. The summed E-state index contributed by atoms with van der Waals surface area (Å²) in [4.78, 5) is 73.4. The molecule has 0 radical (unpaired) electrons. The summed E-state index contributed by atoms with van der Waals surface area (Å²) in [5.41, 5.74) is 16.6. The van der Waals surface area contributed by atoms with Crippen LogP contribution in [0.2, 0.25) is 0 Å². The summed E-state index contributed by atoms with van der Waals surface area (Å²) in [5.74, 6) is -4.65. The molecule has 5 atom stereocenters. The van der Waals surface area contributed by atoms with Gasteiger partial charge in [0, 0.05) is 0 Å². The number of hydrogen-bond donors (Lipinski definition) is 8. The van der Waals surface area contributed by atoms with E-state index in [-0.39, 0.29) is 12.3 Å². The second kappa shape index (κ2) is 19.2. The van der Waals surface area contributed by atoms with Gasteiger partial charge in [-0.15, -0.1) is 0 Å². The first-order valence-corrected chi connectivity index (χ1v) is 13.9. The molecule has 0 unspecified atom stereocenters. The SMILES string of the molecule is CC[C@H](C)[C@H](NC(=O)CNC(=O)[C@H](CCCCN)NC(=O)[C@H](CC(N)=O)NC(=O)[C@@H](N)CCSC)C(=O)O. The van der Waals surface area contributed by atoms with Gasteiger partial charge < -0.3 is 43.6 Å². The van der Waals surface area contributed by atoms with E-state index in [2.05, 4.69) is 21.3 Å². The molecule has 0 saturated heterocycles. The van der Waals surface area contributed by atoms with Crippen molar-refractivity contribution in [1.82, 2.24) is 21.3 Å². The lowest BCUT2D eigenvalue weighted by Crippen LogP contribution is -2.57. The van der Waals surface area contributed by atoms with E-state index in [1.807, 2.05) is 6.26 Å². The van der Waals surface area contributed by atoms with E-state index in [0.717, 1.165) is 0 Å². The molecule has 14 nitrogen and oxygen atoms in total. The van der Waals surface area contributed by atoms with Crippen molar-refractivity contribution in [3.8, 4) is 0 Å². The highest BCUT2D eigenvalue weighted by Gasteiger charge is 2.30. The van der Waals surface area contributed by atoms with Gasteiger partial charge in [-0.05, 0) is 50.2 Å². The molecule has 0 aromatic carbocycles. The number of carbonyl (C=O) groups is 6. The van der Waals surface area contributed by atoms with Gasteiger partial charge in [0.1, 0.15) is 18.1 Å². The lowest BCUT2D eigenvalue weighted by Gasteiger charge is -2.24. The maximum atomic E-state index is 12.9. The van der Waals surface area contributed by atoms with E-state index in [4.69, 9.17) is 17.2 Å². The first-order valence-electron chi connectivity index (χ1n) is 12.5. The van der Waals surface area contributed by atoms with E-state index >= 15 is 0 Å². The minimum absolute atomic E-state index is 0.158. The van der Waals surface area contributed by atoms with Crippen molar-refractivity contribution in [2.24, 2.45) is 23.1 Å². The summed E-state index contributed by atoms with van der Waals surface area (Å²) in [6.45, 7) is 3.30. The van der Waals surface area contributed by atoms with Gasteiger partial charge in [0.2, 0.25) is 29.5 Å². The molecule has 0 spiro atoms. The average molecular weight is 562 g/mol. The predicted octanol–water partition coefficient (Wildman–Crippen LogP) is -2.23. The quantitative estimate of drug-likeness (QED) is 0.0743. The Morgan fingerprint density at radius 2 is 1.55 bits per heavy atom. The van der Waals surface area contributed by atoms with Gasteiger partial charge in [0.05, 0.1) is 19.0 Å². The van der Waals surface area contributed by atoms with Crippen LogP contribution in [0.15, 0.2) is 0 Å². The van der Waals surface area contributed by atoms with Crippen LogP contribution in [0.3, 0.4) is 0 Å². The van der Waals surface area contributed by atoms with E-state index in [9.17, 15) is 33.9 Å². The normalized spacial score (nSPS) is 14.8. The molecule has 5 amide bonds. The maximum absolute atomic E-state index is 12.9. The van der Waals surface area contributed by atoms with Crippen molar-refractivity contribution in [2.45, 2.75) is 76.5 Å². The third-order valence-electron chi connectivity index (χ3n) is 5.81. The van der Waals surface area contributed by atoms with Gasteiger partial charge in [-0.3, -0.25) is 24.0 Å². The number of amides is 5. The minimum Gasteiger partial charge on any atom is -0.480 e. The molecule has 38 heavy (non-hydrogen) atoms. The number of aliphatic carboxylic acids is 1. The molecule has 218 valence electrons. The van der Waals surface area contributed by atoms with Crippen molar-refractivity contribution in [3.05, 3.63) is 0 Å². The second-order valence-electron chi connectivity index (χ2n) is 8.95. The third-order valence-corrected chi connectivity index (χ3v) is 6.45. The molecule has 0 saturated carbocycles. The van der Waals surface area contributed by atoms with Crippen LogP contribution in [0.4, 0.5) is 0 Å². The summed E-state index contributed by atoms with van der Waals surface area (Å²) in [6, 6.07) is -4.51. The molecular weight excluding hydrogens is 518 g/mol. The number of nitrogens with one attached hydrogen (secondary N) is 4. The van der Waals surface area contributed by atoms with Gasteiger partial charge in [-0.1, -0.05) is 20.3 Å². The van der Waals surface area contributed by atoms with Crippen molar-refractivity contribution >= 4 is 47.3 Å². The second-order valence-corrected chi connectivity index (χ2v) is 9.94. The molecule has 0 aromatic heterocycles. The van der Waals surface area contributed by atoms with Crippen LogP contribution in [0.1, 0.15) is 52.4 Å². The van der Waals surface area contributed by atoms with Crippen molar-refractivity contribution < 1.29 is 33.9 Å². The van der Waals surface area contributed by atoms with Crippen molar-refractivity contribution in [2.75, 3.05) is 25.1 Å². The number of carboxylic acids is 1. The monoisotopic (exact) mass is 561 g/mol. The highest BCUT2D eigenvalue weighted by atomic mass is 32.2. The average Bonchev–Trinajstić information content (AvgIpc) is 2.86. The van der Waals surface area contributed by atoms with E-state index < -0.39 is 72.6 Å². The number of nitrogens with two attached hydrogens (primary N) is 3. The lowest BCUT2D eigenvalue weighted by atomic mass is 9.99. The molecular formula is C23H43N7O7S. The highest BCUT2D eigenvalue weighted by molar-refractivity contribution is 7.98. The van der Waals surface area contributed by atoms with Crippen LogP contribution in [0.5, 0.6) is 0 Å². The first-order chi connectivity index (χ1) is 17.9. The topological polar surface area (TPSA) is 249 Å². The van der Waals surface area contributed by atoms with Gasteiger partial charge in [0.15, 0.2) is 0 Å². The van der Waals surface area contributed by atoms with Crippen LogP contribution < -0.4 is 38.5 Å². The first kappa shape index (κ1) is 35.1. The van der Waals surface area contributed by atoms with Gasteiger partial charge in [-0.2, -0.15) is 11.8 Å². The number of carboxylic acid groups (broad SMARTS) is 1. The Morgan fingerprint density at radius 3 is 2.08 bits per heavy atom. The number of carbonyl (C=O) groups excluding carboxylic acids is 5. The number of hydrogen-bond acceptors (Lipinski definition) is 9.